The fourth-order valence-electron chi connectivity index (χ4n) is 3.83. The fraction of sp³-hybridized carbons (Fsp3) is 0.867. The SMILES string of the molecule is CC1=CCC2(C(C)CCC3OC3(C)C)CC12. The van der Waals surface area contributed by atoms with Crippen LogP contribution in [0.3, 0.4) is 0 Å². The third-order valence-corrected chi connectivity index (χ3v) is 5.48. The molecule has 1 heteroatoms. The van der Waals surface area contributed by atoms with Crippen molar-refractivity contribution in [3.63, 3.8) is 0 Å². The molecule has 1 aliphatic heterocycles. The van der Waals surface area contributed by atoms with Gasteiger partial charge >= 0.3 is 0 Å². The Morgan fingerprint density at radius 2 is 2.19 bits per heavy atom. The number of allylic oxidation sites excluding steroid dienone is 2. The second kappa shape index (κ2) is 3.13. The highest BCUT2D eigenvalue weighted by Gasteiger charge is 2.59. The summed E-state index contributed by atoms with van der Waals surface area (Å²) >= 11 is 0. The number of epoxide rings is 1. The van der Waals surface area contributed by atoms with Crippen molar-refractivity contribution in [2.24, 2.45) is 17.3 Å². The van der Waals surface area contributed by atoms with Crippen LogP contribution in [-0.4, -0.2) is 11.7 Å². The molecule has 3 aliphatic rings. The predicted octanol–water partition coefficient (Wildman–Crippen LogP) is 3.94. The number of ether oxygens (including phenoxy) is 1. The first kappa shape index (κ1) is 10.8. The first-order valence-electron chi connectivity index (χ1n) is 6.80. The average Bonchev–Trinajstić information content (AvgIpc) is 3.06. The van der Waals surface area contributed by atoms with Gasteiger partial charge in [-0.15, -0.1) is 0 Å². The van der Waals surface area contributed by atoms with E-state index < -0.39 is 0 Å². The van der Waals surface area contributed by atoms with Gasteiger partial charge in [0.05, 0.1) is 11.7 Å². The number of rotatable bonds is 4. The van der Waals surface area contributed by atoms with E-state index in [9.17, 15) is 0 Å². The van der Waals surface area contributed by atoms with Crippen LogP contribution in [0.15, 0.2) is 11.6 Å². The highest BCUT2D eigenvalue weighted by atomic mass is 16.6. The number of hydrogen-bond acceptors (Lipinski definition) is 1. The Hall–Kier alpha value is -0.300. The summed E-state index contributed by atoms with van der Waals surface area (Å²) in [5.41, 5.74) is 2.53. The Labute approximate surface area is 99.3 Å². The quantitative estimate of drug-likeness (QED) is 0.516. The maximum Gasteiger partial charge on any atom is 0.0892 e. The summed E-state index contributed by atoms with van der Waals surface area (Å²) in [4.78, 5) is 0. The minimum atomic E-state index is 0.185. The van der Waals surface area contributed by atoms with E-state index in [2.05, 4.69) is 33.8 Å². The lowest BCUT2D eigenvalue weighted by Gasteiger charge is -2.21. The van der Waals surface area contributed by atoms with Crippen LogP contribution in [0.5, 0.6) is 0 Å². The van der Waals surface area contributed by atoms with Gasteiger partial charge in [0.25, 0.3) is 0 Å². The zero-order chi connectivity index (χ0) is 11.6. The van der Waals surface area contributed by atoms with Crippen molar-refractivity contribution in [3.8, 4) is 0 Å². The standard InChI is InChI=1S/C15H24O/c1-10-7-8-15(9-12(10)15)11(2)5-6-13-14(3,4)16-13/h7,11-13H,5-6,8-9H2,1-4H3. The molecule has 3 rings (SSSR count). The van der Waals surface area contributed by atoms with Gasteiger partial charge in [-0.05, 0) is 63.7 Å². The first-order chi connectivity index (χ1) is 7.46. The van der Waals surface area contributed by atoms with Crippen molar-refractivity contribution in [1.82, 2.24) is 0 Å². The molecule has 0 amide bonds. The van der Waals surface area contributed by atoms with Crippen LogP contribution >= 0.6 is 0 Å². The molecule has 0 aromatic carbocycles. The number of hydrogen-bond donors (Lipinski definition) is 0. The van der Waals surface area contributed by atoms with Crippen LogP contribution < -0.4 is 0 Å². The molecule has 4 atom stereocenters. The molecular weight excluding hydrogens is 196 g/mol. The van der Waals surface area contributed by atoms with Crippen LogP contribution in [0.2, 0.25) is 0 Å². The van der Waals surface area contributed by atoms with E-state index in [0.29, 0.717) is 11.5 Å². The lowest BCUT2D eigenvalue weighted by Crippen LogP contribution is -2.14. The second-order valence-electron chi connectivity index (χ2n) is 6.83. The van der Waals surface area contributed by atoms with Crippen LogP contribution in [0.1, 0.15) is 53.4 Å². The zero-order valence-electron chi connectivity index (χ0n) is 11.0. The third kappa shape index (κ3) is 1.48. The summed E-state index contributed by atoms with van der Waals surface area (Å²) in [5.74, 6) is 1.82. The zero-order valence-corrected chi connectivity index (χ0v) is 11.0. The molecule has 0 aromatic heterocycles. The largest absolute Gasteiger partial charge is 0.367 e. The molecule has 1 saturated heterocycles. The van der Waals surface area contributed by atoms with Crippen molar-refractivity contribution in [3.05, 3.63) is 11.6 Å². The van der Waals surface area contributed by atoms with E-state index in [-0.39, 0.29) is 5.60 Å². The lowest BCUT2D eigenvalue weighted by molar-refractivity contribution is 0.277. The van der Waals surface area contributed by atoms with Gasteiger partial charge in [0.15, 0.2) is 0 Å². The van der Waals surface area contributed by atoms with E-state index in [0.717, 1.165) is 11.8 Å². The first-order valence-corrected chi connectivity index (χ1v) is 6.80. The van der Waals surface area contributed by atoms with Crippen LogP contribution in [0.4, 0.5) is 0 Å². The summed E-state index contributed by atoms with van der Waals surface area (Å²) in [6, 6.07) is 0. The molecule has 1 saturated carbocycles. The Morgan fingerprint density at radius 3 is 2.62 bits per heavy atom. The Bertz CT molecular complexity index is 341. The molecule has 0 spiro atoms. The summed E-state index contributed by atoms with van der Waals surface area (Å²) in [6.07, 6.45) is 8.44. The Balaban J connectivity index is 1.51. The molecular formula is C15H24O. The monoisotopic (exact) mass is 220 g/mol. The molecule has 16 heavy (non-hydrogen) atoms. The summed E-state index contributed by atoms with van der Waals surface area (Å²) in [5, 5.41) is 0. The van der Waals surface area contributed by atoms with E-state index in [1.54, 1.807) is 5.57 Å². The normalized spacial score (nSPS) is 44.9. The van der Waals surface area contributed by atoms with Gasteiger partial charge in [-0.1, -0.05) is 18.6 Å². The summed E-state index contributed by atoms with van der Waals surface area (Å²) in [6.45, 7) is 9.20. The number of fused-ring (bicyclic) bond motifs is 1. The van der Waals surface area contributed by atoms with Crippen molar-refractivity contribution in [2.75, 3.05) is 0 Å². The molecule has 90 valence electrons. The van der Waals surface area contributed by atoms with Gasteiger partial charge in [0.2, 0.25) is 0 Å². The summed E-state index contributed by atoms with van der Waals surface area (Å²) in [7, 11) is 0. The third-order valence-electron chi connectivity index (χ3n) is 5.48. The smallest absolute Gasteiger partial charge is 0.0892 e. The topological polar surface area (TPSA) is 12.5 Å². The minimum absolute atomic E-state index is 0.185. The molecule has 4 unspecified atom stereocenters. The Morgan fingerprint density at radius 1 is 1.50 bits per heavy atom. The van der Waals surface area contributed by atoms with Gasteiger partial charge in [-0.3, -0.25) is 0 Å². The Kier molecular flexibility index (Phi) is 2.12. The molecule has 0 N–H and O–H groups in total. The van der Waals surface area contributed by atoms with Crippen LogP contribution in [0, 0.1) is 17.3 Å². The second-order valence-corrected chi connectivity index (χ2v) is 6.83. The van der Waals surface area contributed by atoms with Crippen molar-refractivity contribution < 1.29 is 4.74 Å². The highest BCUT2D eigenvalue weighted by Crippen LogP contribution is 2.68. The molecule has 1 nitrogen and oxygen atoms in total. The highest BCUT2D eigenvalue weighted by molar-refractivity contribution is 5.29. The van der Waals surface area contributed by atoms with E-state index in [1.165, 1.54) is 25.7 Å². The maximum absolute atomic E-state index is 5.67. The van der Waals surface area contributed by atoms with E-state index >= 15 is 0 Å². The maximum atomic E-state index is 5.67. The van der Waals surface area contributed by atoms with Gasteiger partial charge < -0.3 is 4.74 Å². The van der Waals surface area contributed by atoms with Crippen molar-refractivity contribution >= 4 is 0 Å². The summed E-state index contributed by atoms with van der Waals surface area (Å²) < 4.78 is 5.67. The average molecular weight is 220 g/mol. The van der Waals surface area contributed by atoms with Gasteiger partial charge in [0, 0.05) is 0 Å². The van der Waals surface area contributed by atoms with E-state index in [4.69, 9.17) is 4.74 Å². The van der Waals surface area contributed by atoms with Gasteiger partial charge in [-0.2, -0.15) is 0 Å². The lowest BCUT2D eigenvalue weighted by atomic mass is 9.83. The molecule has 2 fully saturated rings. The van der Waals surface area contributed by atoms with Crippen LogP contribution in [-0.2, 0) is 4.74 Å². The molecule has 2 aliphatic carbocycles. The van der Waals surface area contributed by atoms with E-state index in [1.807, 2.05) is 0 Å². The van der Waals surface area contributed by atoms with Gasteiger partial charge in [0.1, 0.15) is 0 Å². The van der Waals surface area contributed by atoms with Crippen molar-refractivity contribution in [1.29, 1.82) is 0 Å². The molecule has 0 radical (unpaired) electrons. The molecule has 0 bridgehead atoms. The minimum Gasteiger partial charge on any atom is -0.367 e. The van der Waals surface area contributed by atoms with Crippen molar-refractivity contribution in [2.45, 2.75) is 65.1 Å². The van der Waals surface area contributed by atoms with Gasteiger partial charge in [-0.25, -0.2) is 0 Å². The predicted molar refractivity (Wildman–Crippen MR) is 66.3 cm³/mol. The van der Waals surface area contributed by atoms with Crippen LogP contribution in [0.25, 0.3) is 0 Å². The molecule has 1 heterocycles. The molecule has 0 aromatic rings. The fourth-order valence-corrected chi connectivity index (χ4v) is 3.83.